The highest BCUT2D eigenvalue weighted by molar-refractivity contribution is 5.88. The molecular formula is C12H16N4O3. The number of nitro benzene ring substituents is 1. The van der Waals surface area contributed by atoms with E-state index in [-0.39, 0.29) is 5.69 Å². The highest BCUT2D eigenvalue weighted by Crippen LogP contribution is 2.25. The SMILES string of the molecule is CN1CCN(c2ccc([N+](=O)[O-])cc2/C=N/O)CC1. The second-order valence-electron chi connectivity index (χ2n) is 4.54. The Bertz CT molecular complexity index is 496. The van der Waals surface area contributed by atoms with E-state index in [0.29, 0.717) is 5.56 Å². The highest BCUT2D eigenvalue weighted by Gasteiger charge is 2.18. The molecule has 1 aromatic rings. The lowest BCUT2D eigenvalue weighted by Gasteiger charge is -2.34. The van der Waals surface area contributed by atoms with Crippen LogP contribution < -0.4 is 4.90 Å². The molecule has 0 bridgehead atoms. The number of benzene rings is 1. The minimum Gasteiger partial charge on any atom is -0.411 e. The van der Waals surface area contributed by atoms with Crippen LogP contribution in [0.2, 0.25) is 0 Å². The molecule has 0 radical (unpaired) electrons. The summed E-state index contributed by atoms with van der Waals surface area (Å²) in [5, 5.41) is 22.4. The summed E-state index contributed by atoms with van der Waals surface area (Å²) in [6, 6.07) is 4.61. The second kappa shape index (κ2) is 5.66. The summed E-state index contributed by atoms with van der Waals surface area (Å²) in [6.07, 6.45) is 1.24. The number of hydrogen-bond acceptors (Lipinski definition) is 6. The van der Waals surface area contributed by atoms with Crippen molar-refractivity contribution in [1.82, 2.24) is 4.90 Å². The van der Waals surface area contributed by atoms with Crippen molar-refractivity contribution in [3.8, 4) is 0 Å². The molecule has 1 heterocycles. The van der Waals surface area contributed by atoms with Crippen molar-refractivity contribution in [2.24, 2.45) is 5.16 Å². The summed E-state index contributed by atoms with van der Waals surface area (Å²) in [4.78, 5) is 14.7. The van der Waals surface area contributed by atoms with Crippen LogP contribution in [0.4, 0.5) is 11.4 Å². The van der Waals surface area contributed by atoms with Crippen LogP contribution >= 0.6 is 0 Å². The molecule has 1 fully saturated rings. The van der Waals surface area contributed by atoms with Gasteiger partial charge >= 0.3 is 0 Å². The summed E-state index contributed by atoms with van der Waals surface area (Å²) in [7, 11) is 2.06. The number of non-ortho nitro benzene ring substituents is 1. The molecule has 0 saturated carbocycles. The molecule has 0 spiro atoms. The average molecular weight is 264 g/mol. The summed E-state index contributed by atoms with van der Waals surface area (Å²) < 4.78 is 0. The number of anilines is 1. The lowest BCUT2D eigenvalue weighted by atomic mass is 10.1. The van der Waals surface area contributed by atoms with Gasteiger partial charge in [-0.15, -0.1) is 0 Å². The van der Waals surface area contributed by atoms with Crippen LogP contribution in [0.5, 0.6) is 0 Å². The quantitative estimate of drug-likeness (QED) is 0.383. The Morgan fingerprint density at radius 3 is 2.63 bits per heavy atom. The Labute approximate surface area is 110 Å². The molecule has 0 aliphatic carbocycles. The number of rotatable bonds is 3. The Kier molecular flexibility index (Phi) is 3.96. The smallest absolute Gasteiger partial charge is 0.270 e. The van der Waals surface area contributed by atoms with Gasteiger partial charge < -0.3 is 15.0 Å². The topological polar surface area (TPSA) is 82.2 Å². The van der Waals surface area contributed by atoms with Crippen molar-refractivity contribution in [1.29, 1.82) is 0 Å². The maximum Gasteiger partial charge on any atom is 0.270 e. The minimum atomic E-state index is -0.456. The van der Waals surface area contributed by atoms with Gasteiger partial charge in [0.15, 0.2) is 0 Å². The van der Waals surface area contributed by atoms with E-state index in [1.807, 2.05) is 0 Å². The minimum absolute atomic E-state index is 0.00669. The Morgan fingerprint density at radius 2 is 2.05 bits per heavy atom. The van der Waals surface area contributed by atoms with Crippen LogP contribution in [0.15, 0.2) is 23.4 Å². The molecule has 0 unspecified atom stereocenters. The fraction of sp³-hybridized carbons (Fsp3) is 0.417. The number of oxime groups is 1. The van der Waals surface area contributed by atoms with E-state index in [1.54, 1.807) is 6.07 Å². The fourth-order valence-electron chi connectivity index (χ4n) is 2.16. The zero-order valence-electron chi connectivity index (χ0n) is 10.7. The highest BCUT2D eigenvalue weighted by atomic mass is 16.6. The summed E-state index contributed by atoms with van der Waals surface area (Å²) in [5.41, 5.74) is 1.41. The van der Waals surface area contributed by atoms with E-state index in [4.69, 9.17) is 5.21 Å². The number of nitrogens with zero attached hydrogens (tertiary/aromatic N) is 4. The molecule has 0 amide bonds. The van der Waals surface area contributed by atoms with Crippen LogP contribution in [-0.2, 0) is 0 Å². The first-order valence-corrected chi connectivity index (χ1v) is 6.01. The summed E-state index contributed by atoms with van der Waals surface area (Å²) in [5.74, 6) is 0. The zero-order valence-corrected chi connectivity index (χ0v) is 10.7. The van der Waals surface area contributed by atoms with Gasteiger partial charge in [0.1, 0.15) is 0 Å². The number of likely N-dealkylation sites (N-methyl/N-ethyl adjacent to an activating group) is 1. The van der Waals surface area contributed by atoms with E-state index < -0.39 is 4.92 Å². The Balaban J connectivity index is 2.31. The number of piperazine rings is 1. The van der Waals surface area contributed by atoms with Gasteiger partial charge in [-0.3, -0.25) is 10.1 Å². The Hall–Kier alpha value is -2.15. The van der Waals surface area contributed by atoms with E-state index in [0.717, 1.165) is 31.9 Å². The molecule has 7 nitrogen and oxygen atoms in total. The largest absolute Gasteiger partial charge is 0.411 e. The predicted octanol–water partition coefficient (Wildman–Crippen LogP) is 1.15. The van der Waals surface area contributed by atoms with Crippen LogP contribution in [-0.4, -0.2) is 54.5 Å². The summed E-state index contributed by atoms with van der Waals surface area (Å²) >= 11 is 0. The van der Waals surface area contributed by atoms with Crippen molar-refractivity contribution >= 4 is 17.6 Å². The zero-order chi connectivity index (χ0) is 13.8. The van der Waals surface area contributed by atoms with E-state index in [9.17, 15) is 10.1 Å². The first kappa shape index (κ1) is 13.3. The molecule has 1 aliphatic rings. The molecule has 19 heavy (non-hydrogen) atoms. The van der Waals surface area contributed by atoms with Crippen molar-refractivity contribution in [2.45, 2.75) is 0 Å². The predicted molar refractivity (Wildman–Crippen MR) is 72.2 cm³/mol. The molecule has 1 saturated heterocycles. The number of hydrogen-bond donors (Lipinski definition) is 1. The van der Waals surface area contributed by atoms with Gasteiger partial charge in [-0.25, -0.2) is 0 Å². The normalized spacial score (nSPS) is 17.0. The van der Waals surface area contributed by atoms with Crippen molar-refractivity contribution < 1.29 is 10.1 Å². The third-order valence-corrected chi connectivity index (χ3v) is 3.26. The fourth-order valence-corrected chi connectivity index (χ4v) is 2.16. The number of nitro groups is 1. The molecule has 1 aromatic carbocycles. The van der Waals surface area contributed by atoms with Gasteiger partial charge in [0, 0.05) is 49.6 Å². The maximum absolute atomic E-state index is 10.8. The first-order valence-electron chi connectivity index (χ1n) is 6.01. The van der Waals surface area contributed by atoms with Gasteiger partial charge in [-0.2, -0.15) is 0 Å². The van der Waals surface area contributed by atoms with Gasteiger partial charge in [0.2, 0.25) is 0 Å². The van der Waals surface area contributed by atoms with Crippen molar-refractivity contribution in [3.05, 3.63) is 33.9 Å². The van der Waals surface area contributed by atoms with Crippen LogP contribution in [0.1, 0.15) is 5.56 Å². The maximum atomic E-state index is 10.8. The van der Waals surface area contributed by atoms with E-state index in [2.05, 4.69) is 22.0 Å². The van der Waals surface area contributed by atoms with E-state index >= 15 is 0 Å². The molecule has 102 valence electrons. The molecular weight excluding hydrogens is 248 g/mol. The van der Waals surface area contributed by atoms with Gasteiger partial charge in [0.05, 0.1) is 11.1 Å². The standard InChI is InChI=1S/C12H16N4O3/c1-14-4-6-15(7-5-14)12-3-2-11(16(18)19)8-10(12)9-13-17/h2-3,8-9,17H,4-7H2,1H3/b13-9+. The third-order valence-electron chi connectivity index (χ3n) is 3.26. The molecule has 1 N–H and O–H groups in total. The first-order chi connectivity index (χ1) is 9.11. The van der Waals surface area contributed by atoms with Gasteiger partial charge in [-0.1, -0.05) is 5.16 Å². The Morgan fingerprint density at radius 1 is 1.37 bits per heavy atom. The summed E-state index contributed by atoms with van der Waals surface area (Å²) in [6.45, 7) is 3.57. The lowest BCUT2D eigenvalue weighted by molar-refractivity contribution is -0.384. The lowest BCUT2D eigenvalue weighted by Crippen LogP contribution is -2.44. The van der Waals surface area contributed by atoms with Crippen LogP contribution in [0, 0.1) is 10.1 Å². The second-order valence-corrected chi connectivity index (χ2v) is 4.54. The third kappa shape index (κ3) is 3.00. The molecule has 2 rings (SSSR count). The van der Waals surface area contributed by atoms with E-state index in [1.165, 1.54) is 18.3 Å². The van der Waals surface area contributed by atoms with Crippen molar-refractivity contribution in [2.75, 3.05) is 38.1 Å². The van der Waals surface area contributed by atoms with Crippen LogP contribution in [0.25, 0.3) is 0 Å². The van der Waals surface area contributed by atoms with Crippen LogP contribution in [0.3, 0.4) is 0 Å². The molecule has 0 atom stereocenters. The molecule has 1 aliphatic heterocycles. The van der Waals surface area contributed by atoms with Crippen molar-refractivity contribution in [3.63, 3.8) is 0 Å². The molecule has 7 heteroatoms. The molecule has 0 aromatic heterocycles. The monoisotopic (exact) mass is 264 g/mol. The van der Waals surface area contributed by atoms with Gasteiger partial charge in [-0.05, 0) is 13.1 Å². The van der Waals surface area contributed by atoms with Gasteiger partial charge in [0.25, 0.3) is 5.69 Å². The average Bonchev–Trinajstić information content (AvgIpc) is 2.40.